The van der Waals surface area contributed by atoms with Crippen molar-refractivity contribution in [3.63, 3.8) is 0 Å². The van der Waals surface area contributed by atoms with E-state index in [1.807, 2.05) is 0 Å². The van der Waals surface area contributed by atoms with Crippen molar-refractivity contribution >= 4 is 5.82 Å². The molecule has 0 saturated heterocycles. The number of ether oxygens (including phenoxy) is 1. The molecule has 1 heterocycles. The smallest absolute Gasteiger partial charge is 0.366 e. The largest absolute Gasteiger partial charge is 0.575 e. The Kier molecular flexibility index (Phi) is 3.49. The quantitative estimate of drug-likeness (QED) is 0.472. The molecule has 9 heteroatoms. The summed E-state index contributed by atoms with van der Waals surface area (Å²) in [4.78, 5) is 12.5. The lowest BCUT2D eigenvalue weighted by molar-refractivity contribution is -0.390. The maximum absolute atomic E-state index is 12.4. The van der Waals surface area contributed by atoms with Crippen molar-refractivity contribution in [2.24, 2.45) is 0 Å². The molecule has 0 radical (unpaired) electrons. The Morgan fingerprint density at radius 1 is 1.53 bits per heavy atom. The minimum Gasteiger partial charge on any atom is -0.366 e. The highest BCUT2D eigenvalue weighted by Gasteiger charge is 2.36. The Morgan fingerprint density at radius 2 is 2.12 bits per heavy atom. The van der Waals surface area contributed by atoms with Crippen molar-refractivity contribution in [3.05, 3.63) is 27.3 Å². The zero-order chi connectivity index (χ0) is 13.2. The van der Waals surface area contributed by atoms with E-state index < -0.39 is 35.2 Å². The molecular weight excluding hydrogens is 248 g/mol. The summed E-state index contributed by atoms with van der Waals surface area (Å²) in [6.45, 7) is -0.0289. The van der Waals surface area contributed by atoms with Crippen LogP contribution in [0.5, 0.6) is 5.88 Å². The second-order valence-corrected chi connectivity index (χ2v) is 3.03. The number of aromatic nitrogens is 1. The molecule has 17 heavy (non-hydrogen) atoms. The molecule has 0 amide bonds. The van der Waals surface area contributed by atoms with Gasteiger partial charge in [0, 0.05) is 10.5 Å². The van der Waals surface area contributed by atoms with Crippen LogP contribution in [0.2, 0.25) is 0 Å². The molecule has 1 rings (SSSR count). The summed E-state index contributed by atoms with van der Waals surface area (Å²) in [6.07, 6.45) is -5.08. The van der Waals surface area contributed by atoms with Gasteiger partial charge in [0.1, 0.15) is 6.67 Å². The molecule has 0 aliphatic carbocycles. The summed E-state index contributed by atoms with van der Waals surface area (Å²) in [7, 11) is 0. The first-order valence-electron chi connectivity index (χ1n) is 4.21. The van der Waals surface area contributed by atoms with Crippen LogP contribution in [0.4, 0.5) is 23.4 Å². The van der Waals surface area contributed by atoms with Crippen LogP contribution in [-0.4, -0.2) is 16.3 Å². The second-order valence-electron chi connectivity index (χ2n) is 3.03. The fourth-order valence-corrected chi connectivity index (χ4v) is 1.12. The Hall–Kier alpha value is -1.93. The van der Waals surface area contributed by atoms with Crippen LogP contribution >= 0.6 is 0 Å². The minimum absolute atomic E-state index is 0.0443. The predicted molar refractivity (Wildman–Crippen MR) is 47.1 cm³/mol. The molecule has 0 bridgehead atoms. The maximum atomic E-state index is 12.4. The zero-order valence-corrected chi connectivity index (χ0v) is 8.42. The number of pyridine rings is 1. The van der Waals surface area contributed by atoms with Gasteiger partial charge in [0.05, 0.1) is 5.56 Å². The first-order valence-corrected chi connectivity index (χ1v) is 4.21. The molecule has 94 valence electrons. The van der Waals surface area contributed by atoms with Crippen molar-refractivity contribution in [2.45, 2.75) is 20.0 Å². The van der Waals surface area contributed by atoms with E-state index in [0.717, 1.165) is 6.07 Å². The number of hydrogen-bond donors (Lipinski definition) is 0. The van der Waals surface area contributed by atoms with Crippen LogP contribution in [0.15, 0.2) is 6.07 Å². The number of halogens is 4. The fourth-order valence-electron chi connectivity index (χ4n) is 1.12. The lowest BCUT2D eigenvalue weighted by Gasteiger charge is -2.08. The van der Waals surface area contributed by atoms with Crippen LogP contribution in [0.1, 0.15) is 11.1 Å². The standard InChI is InChI=1S/C8H6F4N2O3/c1-4-2-5(3-9)7(17-8(10,11)12)13-6(4)14(15)16/h2H,3H2,1H3. The van der Waals surface area contributed by atoms with E-state index in [-0.39, 0.29) is 5.56 Å². The normalized spacial score (nSPS) is 11.4. The van der Waals surface area contributed by atoms with Crippen molar-refractivity contribution in [1.29, 1.82) is 0 Å². The van der Waals surface area contributed by atoms with Gasteiger partial charge in [-0.2, -0.15) is 0 Å². The first-order chi connectivity index (χ1) is 7.74. The average Bonchev–Trinajstić information content (AvgIpc) is 2.17. The number of nitrogens with zero attached hydrogens (tertiary/aromatic N) is 2. The van der Waals surface area contributed by atoms with Crippen molar-refractivity contribution in [1.82, 2.24) is 4.98 Å². The van der Waals surface area contributed by atoms with Gasteiger partial charge in [-0.1, -0.05) is 0 Å². The average molecular weight is 254 g/mol. The molecule has 0 aliphatic rings. The Balaban J connectivity index is 3.26. The first kappa shape index (κ1) is 13.1. The third kappa shape index (κ3) is 3.26. The maximum Gasteiger partial charge on any atom is 0.575 e. The fraction of sp³-hybridized carbons (Fsp3) is 0.375. The van der Waals surface area contributed by atoms with Crippen LogP contribution in [0.3, 0.4) is 0 Å². The highest BCUT2D eigenvalue weighted by Crippen LogP contribution is 2.29. The Bertz CT molecular complexity index is 447. The van der Waals surface area contributed by atoms with Gasteiger partial charge in [0.15, 0.2) is 0 Å². The van der Waals surface area contributed by atoms with Crippen LogP contribution in [-0.2, 0) is 6.67 Å². The van der Waals surface area contributed by atoms with E-state index in [2.05, 4.69) is 9.72 Å². The molecule has 1 aromatic heterocycles. The minimum atomic E-state index is -5.08. The van der Waals surface area contributed by atoms with Gasteiger partial charge >= 0.3 is 18.1 Å². The van der Waals surface area contributed by atoms with Gasteiger partial charge in [-0.3, -0.25) is 0 Å². The summed E-state index contributed by atoms with van der Waals surface area (Å²) in [5.41, 5.74) is -0.539. The second kappa shape index (κ2) is 4.52. The SMILES string of the molecule is Cc1cc(CF)c(OC(F)(F)F)nc1[N+](=O)[O-]. The highest BCUT2D eigenvalue weighted by molar-refractivity contribution is 5.40. The van der Waals surface area contributed by atoms with Gasteiger partial charge in [-0.25, -0.2) is 4.39 Å². The van der Waals surface area contributed by atoms with E-state index in [0.29, 0.717) is 0 Å². The molecule has 5 nitrogen and oxygen atoms in total. The van der Waals surface area contributed by atoms with E-state index in [1.165, 1.54) is 6.92 Å². The summed E-state index contributed by atoms with van der Waals surface area (Å²) in [6, 6.07) is 0.895. The van der Waals surface area contributed by atoms with Crippen molar-refractivity contribution in [2.75, 3.05) is 0 Å². The monoisotopic (exact) mass is 254 g/mol. The number of alkyl halides is 4. The number of hydrogen-bond acceptors (Lipinski definition) is 4. The molecule has 0 spiro atoms. The summed E-state index contributed by atoms with van der Waals surface area (Å²) < 4.78 is 51.6. The van der Waals surface area contributed by atoms with Gasteiger partial charge in [-0.15, -0.1) is 13.2 Å². The van der Waals surface area contributed by atoms with Crippen LogP contribution in [0, 0.1) is 17.0 Å². The van der Waals surface area contributed by atoms with Gasteiger partial charge in [-0.05, 0) is 17.9 Å². The molecule has 0 saturated carbocycles. The number of nitro groups is 1. The molecule has 0 N–H and O–H groups in total. The third-order valence-electron chi connectivity index (χ3n) is 1.75. The Morgan fingerprint density at radius 3 is 2.53 bits per heavy atom. The van der Waals surface area contributed by atoms with Crippen molar-refractivity contribution in [3.8, 4) is 5.88 Å². The highest BCUT2D eigenvalue weighted by atomic mass is 19.4. The lowest BCUT2D eigenvalue weighted by atomic mass is 10.2. The molecular formula is C8H6F4N2O3. The molecule has 1 aromatic rings. The summed E-state index contributed by atoms with van der Waals surface area (Å²) in [5.74, 6) is -1.95. The topological polar surface area (TPSA) is 65.3 Å². The van der Waals surface area contributed by atoms with Crippen LogP contribution < -0.4 is 4.74 Å². The molecule has 0 aliphatic heterocycles. The third-order valence-corrected chi connectivity index (χ3v) is 1.75. The number of rotatable bonds is 3. The van der Waals surface area contributed by atoms with E-state index >= 15 is 0 Å². The predicted octanol–water partition coefficient (Wildman–Crippen LogP) is 2.67. The summed E-state index contributed by atoms with van der Waals surface area (Å²) in [5, 5.41) is 10.5. The molecule has 0 fully saturated rings. The van der Waals surface area contributed by atoms with E-state index in [1.54, 1.807) is 0 Å². The molecule has 0 aromatic carbocycles. The van der Waals surface area contributed by atoms with E-state index in [9.17, 15) is 27.7 Å². The zero-order valence-electron chi connectivity index (χ0n) is 8.42. The van der Waals surface area contributed by atoms with Crippen LogP contribution in [0.25, 0.3) is 0 Å². The number of aryl methyl sites for hydroxylation is 1. The lowest BCUT2D eigenvalue weighted by Crippen LogP contribution is -2.19. The van der Waals surface area contributed by atoms with Gasteiger partial charge < -0.3 is 14.9 Å². The van der Waals surface area contributed by atoms with Gasteiger partial charge in [0.2, 0.25) is 0 Å². The Labute approximate surface area is 92.2 Å². The van der Waals surface area contributed by atoms with Gasteiger partial charge in [0.25, 0.3) is 0 Å². The molecule has 0 atom stereocenters. The van der Waals surface area contributed by atoms with E-state index in [4.69, 9.17) is 0 Å². The molecule has 0 unspecified atom stereocenters. The van der Waals surface area contributed by atoms with Crippen molar-refractivity contribution < 1.29 is 27.2 Å². The summed E-state index contributed by atoms with van der Waals surface area (Å²) >= 11 is 0.